The van der Waals surface area contributed by atoms with Crippen LogP contribution in [0.3, 0.4) is 0 Å². The van der Waals surface area contributed by atoms with Crippen LogP contribution in [0.25, 0.3) is 0 Å². The van der Waals surface area contributed by atoms with Crippen LogP contribution >= 0.6 is 23.2 Å². The minimum atomic E-state index is -0.453. The van der Waals surface area contributed by atoms with Crippen molar-refractivity contribution >= 4 is 40.7 Å². The van der Waals surface area contributed by atoms with E-state index in [4.69, 9.17) is 23.2 Å². The molecule has 2 amide bonds. The first-order valence-electron chi connectivity index (χ1n) is 8.81. The molecule has 0 aliphatic carbocycles. The summed E-state index contributed by atoms with van der Waals surface area (Å²) in [6.07, 6.45) is 4.29. The number of nitrogens with zero attached hydrogens (tertiary/aromatic N) is 1. The van der Waals surface area contributed by atoms with Gasteiger partial charge in [-0.1, -0.05) is 23.2 Å². The van der Waals surface area contributed by atoms with E-state index in [1.54, 1.807) is 23.1 Å². The lowest BCUT2D eigenvalue weighted by molar-refractivity contribution is -0.127. The maximum absolute atomic E-state index is 12.6. The van der Waals surface area contributed by atoms with E-state index in [0.717, 1.165) is 32.4 Å². The molecule has 0 aromatic heterocycles. The zero-order valence-corrected chi connectivity index (χ0v) is 15.6. The van der Waals surface area contributed by atoms with Crippen LogP contribution in [-0.4, -0.2) is 37.5 Å². The Morgan fingerprint density at radius 3 is 2.84 bits per heavy atom. The number of anilines is 1. The van der Waals surface area contributed by atoms with E-state index in [-0.39, 0.29) is 11.8 Å². The lowest BCUT2D eigenvalue weighted by Crippen LogP contribution is -2.42. The third-order valence-electron chi connectivity index (χ3n) is 4.92. The second-order valence-corrected chi connectivity index (χ2v) is 7.56. The van der Waals surface area contributed by atoms with Crippen LogP contribution in [0.2, 0.25) is 10.0 Å². The predicted octanol–water partition coefficient (Wildman–Crippen LogP) is 2.99. The molecule has 5 nitrogen and oxygen atoms in total. The SMILES string of the molecule is O=C(CC1CCCNCC1)NC1CCN(c2ccc(Cl)c(Cl)c2)C1=O. The van der Waals surface area contributed by atoms with Crippen LogP contribution in [-0.2, 0) is 9.59 Å². The smallest absolute Gasteiger partial charge is 0.249 e. The minimum Gasteiger partial charge on any atom is -0.344 e. The Labute approximate surface area is 158 Å². The average molecular weight is 384 g/mol. The molecular formula is C18H23Cl2N3O2. The van der Waals surface area contributed by atoms with Crippen LogP contribution in [0, 0.1) is 5.92 Å². The van der Waals surface area contributed by atoms with Crippen molar-refractivity contribution in [3.8, 4) is 0 Å². The van der Waals surface area contributed by atoms with E-state index in [9.17, 15) is 9.59 Å². The standard InChI is InChI=1S/C18H23Cl2N3O2/c19-14-4-3-13(11-15(14)20)23-9-6-16(18(23)25)22-17(24)10-12-2-1-7-21-8-5-12/h3-4,11-12,16,21H,1-2,5-10H2,(H,22,24). The number of hydrogen-bond acceptors (Lipinski definition) is 3. The monoisotopic (exact) mass is 383 g/mol. The quantitative estimate of drug-likeness (QED) is 0.839. The first-order chi connectivity index (χ1) is 12.0. The molecule has 2 saturated heterocycles. The summed E-state index contributed by atoms with van der Waals surface area (Å²) >= 11 is 12.0. The molecule has 7 heteroatoms. The fourth-order valence-electron chi connectivity index (χ4n) is 3.53. The van der Waals surface area contributed by atoms with Crippen LogP contribution in [0.15, 0.2) is 18.2 Å². The largest absolute Gasteiger partial charge is 0.344 e. The Hall–Kier alpha value is -1.30. The van der Waals surface area contributed by atoms with E-state index in [0.29, 0.717) is 41.0 Å². The van der Waals surface area contributed by atoms with Crippen molar-refractivity contribution in [3.63, 3.8) is 0 Å². The van der Waals surface area contributed by atoms with Crippen LogP contribution in [0.5, 0.6) is 0 Å². The second-order valence-electron chi connectivity index (χ2n) is 6.75. The van der Waals surface area contributed by atoms with Gasteiger partial charge >= 0.3 is 0 Å². The van der Waals surface area contributed by atoms with Crippen molar-refractivity contribution in [1.29, 1.82) is 0 Å². The number of hydrogen-bond donors (Lipinski definition) is 2. The molecule has 2 heterocycles. The highest BCUT2D eigenvalue weighted by atomic mass is 35.5. The molecule has 3 rings (SSSR count). The topological polar surface area (TPSA) is 61.4 Å². The molecule has 0 spiro atoms. The molecule has 2 aliphatic heterocycles. The summed E-state index contributed by atoms with van der Waals surface area (Å²) in [6, 6.07) is 4.68. The molecule has 136 valence electrons. The van der Waals surface area contributed by atoms with Crippen molar-refractivity contribution in [2.75, 3.05) is 24.5 Å². The van der Waals surface area contributed by atoms with E-state index < -0.39 is 6.04 Å². The Balaban J connectivity index is 1.56. The Morgan fingerprint density at radius 2 is 2.04 bits per heavy atom. The molecular weight excluding hydrogens is 361 g/mol. The fraction of sp³-hybridized carbons (Fsp3) is 0.556. The van der Waals surface area contributed by atoms with Gasteiger partial charge in [-0.25, -0.2) is 0 Å². The number of carbonyl (C=O) groups is 2. The van der Waals surface area contributed by atoms with E-state index >= 15 is 0 Å². The van der Waals surface area contributed by atoms with Gasteiger partial charge in [-0.2, -0.15) is 0 Å². The van der Waals surface area contributed by atoms with Gasteiger partial charge in [-0.15, -0.1) is 0 Å². The van der Waals surface area contributed by atoms with Gasteiger partial charge < -0.3 is 15.5 Å². The molecule has 0 radical (unpaired) electrons. The highest BCUT2D eigenvalue weighted by molar-refractivity contribution is 6.42. The molecule has 2 atom stereocenters. The number of nitrogens with one attached hydrogen (secondary N) is 2. The summed E-state index contributed by atoms with van der Waals surface area (Å²) in [6.45, 7) is 2.55. The van der Waals surface area contributed by atoms with Gasteiger partial charge in [0.15, 0.2) is 0 Å². The molecule has 1 aromatic rings. The van der Waals surface area contributed by atoms with Gasteiger partial charge in [0.05, 0.1) is 10.0 Å². The molecule has 2 unspecified atom stereocenters. The number of benzene rings is 1. The average Bonchev–Trinajstić information content (AvgIpc) is 2.78. The maximum atomic E-state index is 12.6. The highest BCUT2D eigenvalue weighted by Crippen LogP contribution is 2.29. The minimum absolute atomic E-state index is 0.0266. The van der Waals surface area contributed by atoms with Gasteiger partial charge in [0.1, 0.15) is 6.04 Å². The number of halogens is 2. The molecule has 0 saturated carbocycles. The van der Waals surface area contributed by atoms with Crippen LogP contribution in [0.1, 0.15) is 32.1 Å². The third-order valence-corrected chi connectivity index (χ3v) is 5.66. The lowest BCUT2D eigenvalue weighted by Gasteiger charge is -2.19. The van der Waals surface area contributed by atoms with Gasteiger partial charge in [-0.3, -0.25) is 9.59 Å². The molecule has 2 N–H and O–H groups in total. The Morgan fingerprint density at radius 1 is 1.20 bits per heavy atom. The van der Waals surface area contributed by atoms with Crippen molar-refractivity contribution in [1.82, 2.24) is 10.6 Å². The Kier molecular flexibility index (Phi) is 6.20. The zero-order valence-electron chi connectivity index (χ0n) is 14.1. The first-order valence-corrected chi connectivity index (χ1v) is 9.56. The summed E-state index contributed by atoms with van der Waals surface area (Å²) in [5.41, 5.74) is 0.714. The van der Waals surface area contributed by atoms with Gasteiger partial charge in [-0.05, 0) is 62.9 Å². The van der Waals surface area contributed by atoms with E-state index in [2.05, 4.69) is 10.6 Å². The van der Waals surface area contributed by atoms with E-state index in [1.165, 1.54) is 0 Å². The normalized spacial score (nSPS) is 24.2. The second kappa shape index (κ2) is 8.39. The van der Waals surface area contributed by atoms with Gasteiger partial charge in [0.2, 0.25) is 11.8 Å². The number of amides is 2. The molecule has 2 fully saturated rings. The summed E-state index contributed by atoms with van der Waals surface area (Å²) < 4.78 is 0. The summed E-state index contributed by atoms with van der Waals surface area (Å²) in [7, 11) is 0. The van der Waals surface area contributed by atoms with E-state index in [1.807, 2.05) is 0 Å². The van der Waals surface area contributed by atoms with Crippen molar-refractivity contribution < 1.29 is 9.59 Å². The summed E-state index contributed by atoms with van der Waals surface area (Å²) in [5.74, 6) is 0.285. The Bertz CT molecular complexity index is 645. The number of rotatable bonds is 4. The highest BCUT2D eigenvalue weighted by Gasteiger charge is 2.34. The van der Waals surface area contributed by atoms with Gasteiger partial charge in [0, 0.05) is 18.7 Å². The summed E-state index contributed by atoms with van der Waals surface area (Å²) in [5, 5.41) is 7.14. The molecule has 1 aromatic carbocycles. The van der Waals surface area contributed by atoms with Gasteiger partial charge in [0.25, 0.3) is 0 Å². The van der Waals surface area contributed by atoms with Crippen LogP contribution in [0.4, 0.5) is 5.69 Å². The molecule has 2 aliphatic rings. The molecule has 25 heavy (non-hydrogen) atoms. The fourth-order valence-corrected chi connectivity index (χ4v) is 3.83. The zero-order chi connectivity index (χ0) is 17.8. The lowest BCUT2D eigenvalue weighted by atomic mass is 9.96. The third kappa shape index (κ3) is 4.66. The van der Waals surface area contributed by atoms with Crippen molar-refractivity contribution in [2.24, 2.45) is 5.92 Å². The van der Waals surface area contributed by atoms with Crippen molar-refractivity contribution in [3.05, 3.63) is 28.2 Å². The summed E-state index contributed by atoms with van der Waals surface area (Å²) in [4.78, 5) is 26.6. The van der Waals surface area contributed by atoms with Crippen LogP contribution < -0.4 is 15.5 Å². The first kappa shape index (κ1) is 18.5. The number of carbonyl (C=O) groups excluding carboxylic acids is 2. The van der Waals surface area contributed by atoms with Crippen molar-refractivity contribution in [2.45, 2.75) is 38.1 Å². The predicted molar refractivity (Wildman–Crippen MR) is 100 cm³/mol. The maximum Gasteiger partial charge on any atom is 0.249 e. The molecule has 0 bridgehead atoms.